The van der Waals surface area contributed by atoms with E-state index in [1.165, 1.54) is 0 Å². The number of hydrogen-bond acceptors (Lipinski definition) is 5. The topological polar surface area (TPSA) is 52.7 Å². The summed E-state index contributed by atoms with van der Waals surface area (Å²) in [7, 11) is -2.77. The van der Waals surface area contributed by atoms with Crippen molar-refractivity contribution in [1.82, 2.24) is 15.1 Å². The van der Waals surface area contributed by atoms with E-state index < -0.39 is 9.84 Å². The molecule has 0 aromatic heterocycles. The lowest BCUT2D eigenvalue weighted by Gasteiger charge is -2.45. The minimum atomic E-state index is -2.77. The highest BCUT2D eigenvalue weighted by Crippen LogP contribution is 2.20. The van der Waals surface area contributed by atoms with Gasteiger partial charge in [-0.3, -0.25) is 9.80 Å². The summed E-state index contributed by atoms with van der Waals surface area (Å²) in [6, 6.07) is 1.01. The van der Waals surface area contributed by atoms with Gasteiger partial charge in [-0.2, -0.15) is 0 Å². The van der Waals surface area contributed by atoms with E-state index in [0.29, 0.717) is 11.5 Å². The van der Waals surface area contributed by atoms with E-state index in [9.17, 15) is 8.42 Å². The summed E-state index contributed by atoms with van der Waals surface area (Å²) in [5.41, 5.74) is 0. The van der Waals surface area contributed by atoms with Gasteiger partial charge in [-0.05, 0) is 12.8 Å². The van der Waals surface area contributed by atoms with E-state index >= 15 is 0 Å². The lowest BCUT2D eigenvalue weighted by Crippen LogP contribution is -2.62. The van der Waals surface area contributed by atoms with Gasteiger partial charge in [0.05, 0.1) is 11.5 Å². The van der Waals surface area contributed by atoms with Gasteiger partial charge in [-0.25, -0.2) is 8.42 Å². The van der Waals surface area contributed by atoms with Crippen LogP contribution in [-0.4, -0.2) is 81.1 Å². The molecule has 0 bridgehead atoms. The Morgan fingerprint density at radius 1 is 0.944 bits per heavy atom. The molecule has 0 aromatic rings. The van der Waals surface area contributed by atoms with E-state index in [2.05, 4.69) is 15.1 Å². The van der Waals surface area contributed by atoms with Crippen molar-refractivity contribution in [2.75, 3.05) is 50.8 Å². The predicted octanol–water partition coefficient (Wildman–Crippen LogP) is -0.847. The molecular formula is C12H23N3O2S. The van der Waals surface area contributed by atoms with Gasteiger partial charge < -0.3 is 5.32 Å². The van der Waals surface area contributed by atoms with Crippen molar-refractivity contribution in [3.05, 3.63) is 0 Å². The molecule has 5 nitrogen and oxygen atoms in total. The molecule has 1 atom stereocenters. The summed E-state index contributed by atoms with van der Waals surface area (Å²) in [5.74, 6) is 0.787. The number of sulfone groups is 1. The zero-order chi connectivity index (χ0) is 12.6. The number of nitrogens with one attached hydrogen (secondary N) is 1. The molecular weight excluding hydrogens is 250 g/mol. The first-order chi connectivity index (χ1) is 8.64. The molecule has 1 unspecified atom stereocenters. The fraction of sp³-hybridized carbons (Fsp3) is 1.00. The molecule has 1 N–H and O–H groups in total. The lowest BCUT2D eigenvalue weighted by atomic mass is 10.1. The molecule has 3 aliphatic heterocycles. The molecule has 0 aliphatic carbocycles. The van der Waals surface area contributed by atoms with Crippen LogP contribution in [0.3, 0.4) is 0 Å². The van der Waals surface area contributed by atoms with Gasteiger partial charge in [0, 0.05) is 51.4 Å². The Morgan fingerprint density at radius 2 is 1.56 bits per heavy atom. The van der Waals surface area contributed by atoms with Crippen LogP contribution in [0.25, 0.3) is 0 Å². The zero-order valence-corrected chi connectivity index (χ0v) is 11.7. The Labute approximate surface area is 109 Å². The van der Waals surface area contributed by atoms with Crippen LogP contribution in [0, 0.1) is 0 Å². The number of hydrogen-bond donors (Lipinski definition) is 1. The molecule has 3 aliphatic rings. The Morgan fingerprint density at radius 3 is 2.06 bits per heavy atom. The Kier molecular flexibility index (Phi) is 3.62. The number of rotatable bonds is 2. The van der Waals surface area contributed by atoms with E-state index in [-0.39, 0.29) is 6.04 Å². The maximum absolute atomic E-state index is 11.7. The monoisotopic (exact) mass is 273 g/mol. The minimum absolute atomic E-state index is 0.283. The first kappa shape index (κ1) is 12.8. The van der Waals surface area contributed by atoms with Gasteiger partial charge >= 0.3 is 0 Å². The second kappa shape index (κ2) is 5.07. The Balaban J connectivity index is 1.52. The van der Waals surface area contributed by atoms with Crippen LogP contribution >= 0.6 is 0 Å². The third kappa shape index (κ3) is 2.71. The molecule has 0 aromatic carbocycles. The van der Waals surface area contributed by atoms with Crippen molar-refractivity contribution in [1.29, 1.82) is 0 Å². The highest BCUT2D eigenvalue weighted by Gasteiger charge is 2.33. The smallest absolute Gasteiger partial charge is 0.151 e. The van der Waals surface area contributed by atoms with Gasteiger partial charge in [-0.1, -0.05) is 0 Å². The quantitative estimate of drug-likeness (QED) is 0.710. The van der Waals surface area contributed by atoms with E-state index in [4.69, 9.17) is 0 Å². The SMILES string of the molecule is O=S1(=O)CCCC(N2CCN(C3CNC3)CC2)C1. The summed E-state index contributed by atoms with van der Waals surface area (Å²) in [5, 5.41) is 3.31. The van der Waals surface area contributed by atoms with Crippen LogP contribution in [0.4, 0.5) is 0 Å². The van der Waals surface area contributed by atoms with Gasteiger partial charge in [0.25, 0.3) is 0 Å². The number of piperazine rings is 1. The van der Waals surface area contributed by atoms with Gasteiger partial charge in [0.15, 0.2) is 9.84 Å². The molecule has 3 rings (SSSR count). The van der Waals surface area contributed by atoms with Crippen LogP contribution in [0.5, 0.6) is 0 Å². The summed E-state index contributed by atoms with van der Waals surface area (Å²) < 4.78 is 23.4. The fourth-order valence-electron chi connectivity index (χ4n) is 3.29. The molecule has 104 valence electrons. The standard InChI is InChI=1S/C12H23N3O2S/c16-18(17)7-1-2-11(10-18)14-3-5-15(6-4-14)12-8-13-9-12/h11-13H,1-10H2. The lowest BCUT2D eigenvalue weighted by molar-refractivity contribution is 0.0534. The van der Waals surface area contributed by atoms with E-state index in [1.54, 1.807) is 0 Å². The van der Waals surface area contributed by atoms with Crippen molar-refractivity contribution in [3.8, 4) is 0 Å². The number of nitrogens with zero attached hydrogens (tertiary/aromatic N) is 2. The van der Waals surface area contributed by atoms with E-state index in [1.807, 2.05) is 0 Å². The van der Waals surface area contributed by atoms with Crippen molar-refractivity contribution < 1.29 is 8.42 Å². The maximum atomic E-state index is 11.7. The third-order valence-electron chi connectivity index (χ3n) is 4.58. The van der Waals surface area contributed by atoms with Crippen molar-refractivity contribution in [3.63, 3.8) is 0 Å². The second-order valence-corrected chi connectivity index (χ2v) is 8.02. The molecule has 3 saturated heterocycles. The fourth-order valence-corrected chi connectivity index (χ4v) is 5.02. The van der Waals surface area contributed by atoms with Crippen LogP contribution in [0.15, 0.2) is 0 Å². The van der Waals surface area contributed by atoms with E-state index in [0.717, 1.165) is 58.2 Å². The van der Waals surface area contributed by atoms with Crippen LogP contribution in [0.2, 0.25) is 0 Å². The molecule has 18 heavy (non-hydrogen) atoms. The summed E-state index contributed by atoms with van der Waals surface area (Å²) in [6.45, 7) is 6.52. The van der Waals surface area contributed by atoms with Crippen molar-refractivity contribution >= 4 is 9.84 Å². The molecule has 6 heteroatoms. The third-order valence-corrected chi connectivity index (χ3v) is 6.38. The summed E-state index contributed by atoms with van der Waals surface area (Å²) in [4.78, 5) is 4.95. The van der Waals surface area contributed by atoms with Gasteiger partial charge in [0.2, 0.25) is 0 Å². The molecule has 3 heterocycles. The summed E-state index contributed by atoms with van der Waals surface area (Å²) >= 11 is 0. The average molecular weight is 273 g/mol. The largest absolute Gasteiger partial charge is 0.314 e. The minimum Gasteiger partial charge on any atom is -0.314 e. The summed E-state index contributed by atoms with van der Waals surface area (Å²) in [6.07, 6.45) is 1.91. The normalized spacial score (nSPS) is 35.2. The van der Waals surface area contributed by atoms with Gasteiger partial charge in [0.1, 0.15) is 0 Å². The van der Waals surface area contributed by atoms with Crippen molar-refractivity contribution in [2.24, 2.45) is 0 Å². The van der Waals surface area contributed by atoms with Crippen molar-refractivity contribution in [2.45, 2.75) is 24.9 Å². The van der Waals surface area contributed by atoms with Gasteiger partial charge in [-0.15, -0.1) is 0 Å². The second-order valence-electron chi connectivity index (χ2n) is 5.79. The maximum Gasteiger partial charge on any atom is 0.151 e. The molecule has 0 saturated carbocycles. The molecule has 0 amide bonds. The van der Waals surface area contributed by atoms with Crippen LogP contribution in [0.1, 0.15) is 12.8 Å². The molecule has 0 spiro atoms. The first-order valence-electron chi connectivity index (χ1n) is 7.03. The molecule has 0 radical (unpaired) electrons. The highest BCUT2D eigenvalue weighted by molar-refractivity contribution is 7.91. The van der Waals surface area contributed by atoms with Crippen LogP contribution in [-0.2, 0) is 9.84 Å². The Bertz CT molecular complexity index is 386. The zero-order valence-electron chi connectivity index (χ0n) is 10.8. The average Bonchev–Trinajstić information content (AvgIpc) is 2.26. The molecule has 3 fully saturated rings. The highest BCUT2D eigenvalue weighted by atomic mass is 32.2. The first-order valence-corrected chi connectivity index (χ1v) is 8.85. The van der Waals surface area contributed by atoms with Crippen LogP contribution < -0.4 is 5.32 Å². The Hall–Kier alpha value is -0.170. The predicted molar refractivity (Wildman–Crippen MR) is 71.5 cm³/mol.